The fraction of sp³-hybridized carbons (Fsp3) is 0.429. The topological polar surface area (TPSA) is 89.5 Å². The number of hydrogen-bond acceptors (Lipinski definition) is 6. The third-order valence-corrected chi connectivity index (χ3v) is 6.89. The minimum absolute atomic E-state index is 0.0717. The number of amides is 1. The molecule has 1 aromatic carbocycles. The first-order chi connectivity index (χ1) is 13.7. The molecule has 8 heteroatoms. The molecule has 1 amide bonds. The van der Waals surface area contributed by atoms with Gasteiger partial charge in [-0.05, 0) is 55.4 Å². The first kappa shape index (κ1) is 21.5. The van der Waals surface area contributed by atoms with Crippen molar-refractivity contribution < 1.29 is 22.7 Å². The van der Waals surface area contributed by atoms with Crippen LogP contribution in [-0.2, 0) is 33.2 Å². The lowest BCUT2D eigenvalue weighted by Gasteiger charge is -2.18. The summed E-state index contributed by atoms with van der Waals surface area (Å²) in [5.41, 5.74) is 2.49. The number of fused-ring (bicyclic) bond motifs is 1. The van der Waals surface area contributed by atoms with Gasteiger partial charge < -0.3 is 10.1 Å². The number of rotatable bonds is 6. The summed E-state index contributed by atoms with van der Waals surface area (Å²) in [6.45, 7) is 4.22. The molecule has 0 bridgehead atoms. The molecule has 1 aromatic heterocycles. The SMILES string of the molecule is CCOC(=O)c1c(NC(=O)c2ccc(CS(C)(=O)=O)cc2)sc2c1CCC(C)C2. The van der Waals surface area contributed by atoms with Gasteiger partial charge in [0.2, 0.25) is 0 Å². The first-order valence-electron chi connectivity index (χ1n) is 9.57. The van der Waals surface area contributed by atoms with E-state index in [1.807, 2.05) is 0 Å². The van der Waals surface area contributed by atoms with Crippen molar-refractivity contribution in [2.75, 3.05) is 18.2 Å². The lowest BCUT2D eigenvalue weighted by molar-refractivity contribution is 0.0526. The van der Waals surface area contributed by atoms with Crippen LogP contribution in [0.25, 0.3) is 0 Å². The number of sulfone groups is 1. The highest BCUT2D eigenvalue weighted by Crippen LogP contribution is 2.40. The van der Waals surface area contributed by atoms with Gasteiger partial charge in [0.1, 0.15) is 5.00 Å². The molecule has 0 fully saturated rings. The second-order valence-electron chi connectivity index (χ2n) is 7.50. The van der Waals surface area contributed by atoms with E-state index in [1.165, 1.54) is 17.6 Å². The Balaban J connectivity index is 1.85. The highest BCUT2D eigenvalue weighted by atomic mass is 32.2. The molecule has 3 rings (SSSR count). The number of esters is 1. The van der Waals surface area contributed by atoms with Crippen molar-refractivity contribution in [3.8, 4) is 0 Å². The maximum atomic E-state index is 12.7. The Kier molecular flexibility index (Phi) is 6.43. The van der Waals surface area contributed by atoms with Crippen molar-refractivity contribution in [1.82, 2.24) is 0 Å². The Labute approximate surface area is 175 Å². The molecule has 6 nitrogen and oxygen atoms in total. The van der Waals surface area contributed by atoms with Crippen LogP contribution in [0.1, 0.15) is 57.0 Å². The minimum Gasteiger partial charge on any atom is -0.462 e. The lowest BCUT2D eigenvalue weighted by Crippen LogP contribution is -2.16. The summed E-state index contributed by atoms with van der Waals surface area (Å²) in [6, 6.07) is 6.44. The zero-order valence-electron chi connectivity index (χ0n) is 16.8. The molecular weight excluding hydrogens is 410 g/mol. The van der Waals surface area contributed by atoms with Crippen LogP contribution in [-0.4, -0.2) is 33.2 Å². The first-order valence-corrected chi connectivity index (χ1v) is 12.4. The quantitative estimate of drug-likeness (QED) is 0.696. The summed E-state index contributed by atoms with van der Waals surface area (Å²) in [4.78, 5) is 26.4. The predicted molar refractivity (Wildman–Crippen MR) is 114 cm³/mol. The van der Waals surface area contributed by atoms with E-state index < -0.39 is 15.8 Å². The van der Waals surface area contributed by atoms with Crippen LogP contribution in [0.3, 0.4) is 0 Å². The second-order valence-corrected chi connectivity index (χ2v) is 10.7. The highest BCUT2D eigenvalue weighted by Gasteiger charge is 2.29. The van der Waals surface area contributed by atoms with Crippen molar-refractivity contribution in [1.29, 1.82) is 0 Å². The van der Waals surface area contributed by atoms with Crippen molar-refractivity contribution in [2.45, 2.75) is 38.9 Å². The van der Waals surface area contributed by atoms with Gasteiger partial charge in [0.15, 0.2) is 9.84 Å². The molecular formula is C21H25NO5S2. The van der Waals surface area contributed by atoms with Crippen LogP contribution < -0.4 is 5.32 Å². The summed E-state index contributed by atoms with van der Waals surface area (Å²) in [7, 11) is -3.14. The molecule has 1 atom stereocenters. The number of nitrogens with one attached hydrogen (secondary N) is 1. The van der Waals surface area contributed by atoms with Gasteiger partial charge in [-0.25, -0.2) is 13.2 Å². The van der Waals surface area contributed by atoms with Crippen molar-refractivity contribution >= 4 is 38.1 Å². The third kappa shape index (κ3) is 5.25. The maximum absolute atomic E-state index is 12.7. The van der Waals surface area contributed by atoms with Gasteiger partial charge in [0, 0.05) is 16.7 Å². The molecule has 0 saturated heterocycles. The fourth-order valence-electron chi connectivity index (χ4n) is 3.49. The standard InChI is InChI=1S/C21H25NO5S2/c1-4-27-21(24)18-16-10-5-13(2)11-17(16)28-20(18)22-19(23)15-8-6-14(7-9-15)12-29(3,25)26/h6-9,13H,4-5,10-12H2,1-3H3,(H,22,23). The highest BCUT2D eigenvalue weighted by molar-refractivity contribution is 7.89. The Hall–Kier alpha value is -2.19. The molecule has 1 heterocycles. The number of thiophene rings is 1. The Bertz CT molecular complexity index is 1020. The monoisotopic (exact) mass is 435 g/mol. The van der Waals surface area contributed by atoms with Crippen molar-refractivity contribution in [2.24, 2.45) is 5.92 Å². The molecule has 2 aromatic rings. The van der Waals surface area contributed by atoms with E-state index in [-0.39, 0.29) is 18.3 Å². The summed E-state index contributed by atoms with van der Waals surface area (Å²) >= 11 is 1.44. The summed E-state index contributed by atoms with van der Waals surface area (Å²) < 4.78 is 28.1. The van der Waals surface area contributed by atoms with Gasteiger partial charge in [0.05, 0.1) is 17.9 Å². The van der Waals surface area contributed by atoms with Crippen molar-refractivity contribution in [3.63, 3.8) is 0 Å². The number of ether oxygens (including phenoxy) is 1. The van der Waals surface area contributed by atoms with E-state index in [1.54, 1.807) is 31.2 Å². The van der Waals surface area contributed by atoms with Gasteiger partial charge in [-0.2, -0.15) is 0 Å². The van der Waals surface area contributed by atoms with Crippen LogP contribution >= 0.6 is 11.3 Å². The fourth-order valence-corrected chi connectivity index (χ4v) is 5.68. The normalized spacial score (nSPS) is 16.2. The summed E-state index contributed by atoms with van der Waals surface area (Å²) in [5, 5.41) is 3.39. The van der Waals surface area contributed by atoms with E-state index in [0.29, 0.717) is 27.6 Å². The zero-order chi connectivity index (χ0) is 21.2. The van der Waals surface area contributed by atoms with Crippen molar-refractivity contribution in [3.05, 3.63) is 51.4 Å². The number of anilines is 1. The van der Waals surface area contributed by atoms with E-state index in [9.17, 15) is 18.0 Å². The van der Waals surface area contributed by atoms with Gasteiger partial charge in [0.25, 0.3) is 5.91 Å². The van der Waals surface area contributed by atoms with Crippen LogP contribution in [0.5, 0.6) is 0 Å². The molecule has 1 unspecified atom stereocenters. The Morgan fingerprint density at radius 3 is 2.55 bits per heavy atom. The van der Waals surface area contributed by atoms with Crippen LogP contribution in [0.15, 0.2) is 24.3 Å². The summed E-state index contributed by atoms with van der Waals surface area (Å²) in [6.07, 6.45) is 3.87. The van der Waals surface area contributed by atoms with Gasteiger partial charge in [-0.15, -0.1) is 11.3 Å². The molecule has 0 aliphatic heterocycles. The number of benzene rings is 1. The molecule has 0 radical (unpaired) electrons. The molecule has 156 valence electrons. The zero-order valence-corrected chi connectivity index (χ0v) is 18.4. The van der Waals surface area contributed by atoms with E-state index >= 15 is 0 Å². The number of carbonyl (C=O) groups excluding carboxylic acids is 2. The lowest BCUT2D eigenvalue weighted by atomic mass is 9.88. The minimum atomic E-state index is -3.14. The predicted octanol–water partition coefficient (Wildman–Crippen LogP) is 3.85. The molecule has 1 aliphatic rings. The maximum Gasteiger partial charge on any atom is 0.341 e. The Morgan fingerprint density at radius 2 is 1.93 bits per heavy atom. The van der Waals surface area contributed by atoms with Gasteiger partial charge in [-0.1, -0.05) is 19.1 Å². The molecule has 1 N–H and O–H groups in total. The smallest absolute Gasteiger partial charge is 0.341 e. The van der Waals surface area contributed by atoms with E-state index in [4.69, 9.17) is 4.74 Å². The third-order valence-electron chi connectivity index (χ3n) is 4.86. The van der Waals surface area contributed by atoms with Gasteiger partial charge >= 0.3 is 5.97 Å². The van der Waals surface area contributed by atoms with Crippen LogP contribution in [0, 0.1) is 5.92 Å². The van der Waals surface area contributed by atoms with E-state index in [2.05, 4.69) is 12.2 Å². The number of carbonyl (C=O) groups is 2. The largest absolute Gasteiger partial charge is 0.462 e. The van der Waals surface area contributed by atoms with Crippen LogP contribution in [0.4, 0.5) is 5.00 Å². The molecule has 0 saturated carbocycles. The second kappa shape index (κ2) is 8.67. The summed E-state index contributed by atoms with van der Waals surface area (Å²) in [5.74, 6) is -0.272. The molecule has 29 heavy (non-hydrogen) atoms. The number of hydrogen-bond donors (Lipinski definition) is 1. The average molecular weight is 436 g/mol. The Morgan fingerprint density at radius 1 is 1.24 bits per heavy atom. The van der Waals surface area contributed by atoms with E-state index in [0.717, 1.165) is 29.7 Å². The average Bonchev–Trinajstić information content (AvgIpc) is 2.98. The molecule has 0 spiro atoms. The van der Waals surface area contributed by atoms with Gasteiger partial charge in [-0.3, -0.25) is 4.79 Å². The van der Waals surface area contributed by atoms with Crippen LogP contribution in [0.2, 0.25) is 0 Å². The molecule has 1 aliphatic carbocycles.